The van der Waals surface area contributed by atoms with Crippen LogP contribution in [0.3, 0.4) is 0 Å². The Bertz CT molecular complexity index is 1240. The molecule has 0 radical (unpaired) electrons. The summed E-state index contributed by atoms with van der Waals surface area (Å²) >= 11 is 1.24. The van der Waals surface area contributed by atoms with E-state index in [0.717, 1.165) is 15.1 Å². The van der Waals surface area contributed by atoms with Crippen molar-refractivity contribution in [2.75, 3.05) is 18.5 Å². The topological polar surface area (TPSA) is 117 Å². The maximum atomic E-state index is 12.5. The minimum Gasteiger partial charge on any atom is -0.462 e. The van der Waals surface area contributed by atoms with Gasteiger partial charge in [0.15, 0.2) is 12.3 Å². The molecule has 0 spiro atoms. The molecule has 0 aliphatic rings. The first-order chi connectivity index (χ1) is 14.7. The van der Waals surface area contributed by atoms with Crippen LogP contribution < -0.4 is 10.9 Å². The van der Waals surface area contributed by atoms with Gasteiger partial charge in [-0.1, -0.05) is 18.2 Å². The normalized spacial score (nSPS) is 10.7. The fraction of sp³-hybridized carbons (Fsp3) is 0.286. The number of carbonyl (C=O) groups excluding carboxylic acids is 3. The zero-order valence-electron chi connectivity index (χ0n) is 17.5. The van der Waals surface area contributed by atoms with E-state index in [2.05, 4.69) is 10.4 Å². The number of nitrogens with one attached hydrogen (secondary N) is 1. The molecular formula is C21H21N3O6S. The predicted octanol–water partition coefficient (Wildman–Crippen LogP) is 2.58. The van der Waals surface area contributed by atoms with Gasteiger partial charge in [0.2, 0.25) is 0 Å². The van der Waals surface area contributed by atoms with Gasteiger partial charge >= 0.3 is 11.9 Å². The van der Waals surface area contributed by atoms with Gasteiger partial charge in [0, 0.05) is 17.3 Å². The molecule has 162 valence electrons. The summed E-state index contributed by atoms with van der Waals surface area (Å²) in [4.78, 5) is 50.2. The monoisotopic (exact) mass is 443 g/mol. The van der Waals surface area contributed by atoms with Crippen LogP contribution in [0, 0.1) is 13.8 Å². The molecule has 0 fully saturated rings. The highest BCUT2D eigenvalue weighted by atomic mass is 32.1. The van der Waals surface area contributed by atoms with Gasteiger partial charge in [-0.05, 0) is 32.4 Å². The van der Waals surface area contributed by atoms with Crippen LogP contribution in [-0.4, -0.2) is 40.8 Å². The number of thiophene rings is 1. The molecule has 9 nitrogen and oxygen atoms in total. The number of esters is 2. The molecule has 0 atom stereocenters. The number of hydrogen-bond acceptors (Lipinski definition) is 8. The van der Waals surface area contributed by atoms with Crippen molar-refractivity contribution in [3.05, 3.63) is 56.3 Å². The summed E-state index contributed by atoms with van der Waals surface area (Å²) in [6.45, 7) is 4.91. The second-order valence-electron chi connectivity index (χ2n) is 6.66. The van der Waals surface area contributed by atoms with Gasteiger partial charge in [-0.2, -0.15) is 5.10 Å². The van der Waals surface area contributed by atoms with Gasteiger partial charge in [-0.15, -0.1) is 11.3 Å². The van der Waals surface area contributed by atoms with Gasteiger partial charge in [-0.3, -0.25) is 9.59 Å². The standard InChI is InChI=1S/C21H21N3O6S/c1-5-29-20(27)16-11(2)12(3)31-18(16)22-15(25)10-30-21(28)17-13-8-6-7-9-14(13)19(26)24(4)23-17/h6-9H,5,10H2,1-4H3,(H,22,25). The van der Waals surface area contributed by atoms with Crippen LogP contribution in [-0.2, 0) is 21.3 Å². The van der Waals surface area contributed by atoms with Crippen molar-refractivity contribution in [2.45, 2.75) is 20.8 Å². The van der Waals surface area contributed by atoms with Crippen LogP contribution in [0.2, 0.25) is 0 Å². The van der Waals surface area contributed by atoms with Crippen LogP contribution in [0.1, 0.15) is 38.2 Å². The van der Waals surface area contributed by atoms with Crippen molar-refractivity contribution in [3.8, 4) is 0 Å². The van der Waals surface area contributed by atoms with E-state index in [-0.39, 0.29) is 23.4 Å². The Hall–Kier alpha value is -3.53. The number of ether oxygens (including phenoxy) is 2. The van der Waals surface area contributed by atoms with Crippen molar-refractivity contribution >= 4 is 45.0 Å². The summed E-state index contributed by atoms with van der Waals surface area (Å²) in [7, 11) is 1.43. The molecule has 1 aromatic carbocycles. The molecule has 3 rings (SSSR count). The number of nitrogens with zero attached hydrogens (tertiary/aromatic N) is 2. The van der Waals surface area contributed by atoms with Crippen LogP contribution in [0.15, 0.2) is 29.1 Å². The second-order valence-corrected chi connectivity index (χ2v) is 7.88. The first-order valence-corrected chi connectivity index (χ1v) is 10.3. The van der Waals surface area contributed by atoms with Gasteiger partial charge in [-0.25, -0.2) is 14.3 Å². The molecule has 2 heterocycles. The SMILES string of the molecule is CCOC(=O)c1c(NC(=O)COC(=O)c2nn(C)c(=O)c3ccccc23)sc(C)c1C. The largest absolute Gasteiger partial charge is 0.462 e. The Balaban J connectivity index is 1.76. The smallest absolute Gasteiger partial charge is 0.359 e. The Morgan fingerprint density at radius 1 is 1.10 bits per heavy atom. The molecule has 10 heteroatoms. The lowest BCUT2D eigenvalue weighted by molar-refractivity contribution is -0.119. The summed E-state index contributed by atoms with van der Waals surface area (Å²) in [5.41, 5.74) is 0.590. The summed E-state index contributed by atoms with van der Waals surface area (Å²) in [5, 5.41) is 7.57. The molecule has 31 heavy (non-hydrogen) atoms. The van der Waals surface area contributed by atoms with Crippen LogP contribution in [0.5, 0.6) is 0 Å². The molecule has 0 bridgehead atoms. The third-order valence-corrected chi connectivity index (χ3v) is 5.72. The van der Waals surface area contributed by atoms with E-state index in [1.165, 1.54) is 18.4 Å². The quantitative estimate of drug-likeness (QED) is 0.582. The zero-order chi connectivity index (χ0) is 22.7. The van der Waals surface area contributed by atoms with Crippen molar-refractivity contribution in [3.63, 3.8) is 0 Å². The average Bonchev–Trinajstić information content (AvgIpc) is 3.02. The number of hydrogen-bond donors (Lipinski definition) is 1. The fourth-order valence-electron chi connectivity index (χ4n) is 2.98. The molecule has 2 aromatic heterocycles. The molecule has 0 unspecified atom stereocenters. The van der Waals surface area contributed by atoms with Crippen molar-refractivity contribution in [1.82, 2.24) is 9.78 Å². The summed E-state index contributed by atoms with van der Waals surface area (Å²) in [6.07, 6.45) is 0. The van der Waals surface area contributed by atoms with E-state index in [1.807, 2.05) is 6.92 Å². The minimum absolute atomic E-state index is 0.0690. The van der Waals surface area contributed by atoms with Crippen LogP contribution in [0.25, 0.3) is 10.8 Å². The van der Waals surface area contributed by atoms with Gasteiger partial charge < -0.3 is 14.8 Å². The lowest BCUT2D eigenvalue weighted by Gasteiger charge is -2.09. The minimum atomic E-state index is -0.842. The van der Waals surface area contributed by atoms with Crippen LogP contribution in [0.4, 0.5) is 5.00 Å². The second kappa shape index (κ2) is 9.09. The number of benzene rings is 1. The van der Waals surface area contributed by atoms with E-state index in [9.17, 15) is 19.2 Å². The highest BCUT2D eigenvalue weighted by Crippen LogP contribution is 2.33. The molecular weight excluding hydrogens is 422 g/mol. The van der Waals surface area contributed by atoms with E-state index in [4.69, 9.17) is 9.47 Å². The van der Waals surface area contributed by atoms with Crippen molar-refractivity contribution in [1.29, 1.82) is 0 Å². The fourth-order valence-corrected chi connectivity index (χ4v) is 4.04. The molecule has 0 aliphatic carbocycles. The maximum Gasteiger partial charge on any atom is 0.359 e. The lowest BCUT2D eigenvalue weighted by atomic mass is 10.1. The Morgan fingerprint density at radius 2 is 1.77 bits per heavy atom. The average molecular weight is 443 g/mol. The Kier molecular flexibility index (Phi) is 6.50. The molecule has 1 N–H and O–H groups in total. The van der Waals surface area contributed by atoms with Crippen LogP contribution >= 0.6 is 11.3 Å². The number of aromatic nitrogens is 2. The third-order valence-electron chi connectivity index (χ3n) is 4.60. The Morgan fingerprint density at radius 3 is 2.45 bits per heavy atom. The number of carbonyl (C=O) groups is 3. The van der Waals surface area contributed by atoms with E-state index in [0.29, 0.717) is 15.8 Å². The molecule has 0 saturated heterocycles. The summed E-state index contributed by atoms with van der Waals surface area (Å²) < 4.78 is 11.2. The number of amides is 1. The summed E-state index contributed by atoms with van der Waals surface area (Å²) in [5.74, 6) is -1.99. The summed E-state index contributed by atoms with van der Waals surface area (Å²) in [6, 6.07) is 6.52. The molecule has 0 saturated carbocycles. The van der Waals surface area contributed by atoms with Gasteiger partial charge in [0.25, 0.3) is 11.5 Å². The number of fused-ring (bicyclic) bond motifs is 1. The zero-order valence-corrected chi connectivity index (χ0v) is 18.3. The number of rotatable bonds is 6. The molecule has 1 amide bonds. The molecule has 3 aromatic rings. The van der Waals surface area contributed by atoms with Crippen molar-refractivity contribution < 1.29 is 23.9 Å². The number of aryl methyl sites for hydroxylation is 2. The maximum absolute atomic E-state index is 12.5. The van der Waals surface area contributed by atoms with E-state index in [1.54, 1.807) is 38.1 Å². The lowest BCUT2D eigenvalue weighted by Crippen LogP contribution is -2.26. The first kappa shape index (κ1) is 22.2. The van der Waals surface area contributed by atoms with Gasteiger partial charge in [0.1, 0.15) is 5.00 Å². The van der Waals surface area contributed by atoms with Crippen molar-refractivity contribution in [2.24, 2.45) is 7.05 Å². The first-order valence-electron chi connectivity index (χ1n) is 9.44. The third kappa shape index (κ3) is 4.48. The molecule has 0 aliphatic heterocycles. The van der Waals surface area contributed by atoms with E-state index < -0.39 is 24.5 Å². The van der Waals surface area contributed by atoms with Gasteiger partial charge in [0.05, 0.1) is 17.6 Å². The highest BCUT2D eigenvalue weighted by Gasteiger charge is 2.23. The number of anilines is 1. The predicted molar refractivity (Wildman–Crippen MR) is 116 cm³/mol. The Labute approximate surface area is 181 Å². The van der Waals surface area contributed by atoms with E-state index >= 15 is 0 Å². The highest BCUT2D eigenvalue weighted by molar-refractivity contribution is 7.16.